The molecule has 3 N–H and O–H groups in total. The van der Waals surface area contributed by atoms with Gasteiger partial charge in [-0.05, 0) is 183 Å². The third kappa shape index (κ3) is 15.7. The van der Waals surface area contributed by atoms with Gasteiger partial charge in [0.15, 0.2) is 51.4 Å². The number of benzene rings is 4. The lowest BCUT2D eigenvalue weighted by Gasteiger charge is -2.20. The Morgan fingerprint density at radius 3 is 1.13 bits per heavy atom. The first kappa shape index (κ1) is 75.3. The molecule has 0 unspecified atom stereocenters. The van der Waals surface area contributed by atoms with E-state index < -0.39 is 30.1 Å². The fourth-order valence-corrected chi connectivity index (χ4v) is 19.3. The molecule has 3 atom stereocenters. The number of imidazole rings is 3. The molecule has 3 aliphatic heterocycles. The van der Waals surface area contributed by atoms with Crippen molar-refractivity contribution in [3.63, 3.8) is 0 Å². The van der Waals surface area contributed by atoms with Crippen LogP contribution in [0.15, 0.2) is 130 Å². The number of aryl methyl sites for hydroxylation is 6. The molecule has 27 nitrogen and oxygen atoms in total. The number of sulfonamides is 3. The minimum absolute atomic E-state index is 0.0921. The summed E-state index contributed by atoms with van der Waals surface area (Å²) in [5.74, 6) is 3.86. The van der Waals surface area contributed by atoms with Gasteiger partial charge in [0.05, 0.1) is 121 Å². The Morgan fingerprint density at radius 2 is 0.804 bits per heavy atom. The van der Waals surface area contributed by atoms with Crippen LogP contribution in [0.1, 0.15) is 78.8 Å². The number of nitrogens with one attached hydrogen (secondary N) is 3. The molecule has 1 saturated carbocycles. The maximum Gasteiger partial charge on any atom is 0.250 e. The van der Waals surface area contributed by atoms with Crippen molar-refractivity contribution in [2.24, 2.45) is 0 Å². The number of ether oxygens (including phenoxy) is 6. The van der Waals surface area contributed by atoms with E-state index in [0.29, 0.717) is 84.3 Å². The van der Waals surface area contributed by atoms with Crippen LogP contribution in [0.3, 0.4) is 0 Å². The van der Waals surface area contributed by atoms with E-state index >= 15 is 0 Å². The topological polar surface area (TPSA) is 294 Å². The molecule has 4 aromatic carbocycles. The molecule has 564 valence electrons. The van der Waals surface area contributed by atoms with Crippen LogP contribution in [0.5, 0.6) is 34.5 Å². The molecule has 0 amide bonds. The number of thiophene rings is 1. The predicted molar refractivity (Wildman–Crippen MR) is 416 cm³/mol. The minimum Gasteiger partial charge on any atom is -0.493 e. The fourth-order valence-electron chi connectivity index (χ4n) is 14.2. The first-order valence-corrected chi connectivity index (χ1v) is 40.5. The van der Waals surface area contributed by atoms with Gasteiger partial charge in [-0.3, -0.25) is 0 Å². The van der Waals surface area contributed by atoms with Crippen molar-refractivity contribution in [2.45, 2.75) is 113 Å². The summed E-state index contributed by atoms with van der Waals surface area (Å²) in [5.41, 5.74) is 17.3. The zero-order valence-corrected chi connectivity index (χ0v) is 65.4. The standard InChI is InChI=1S/C29H33N5O4S.C24H27N5O4S2.C23H29N5O4S/c1-18(2)21-7-10-24(11-8-21)39(35,36)32-23-13-14-33(17-23)25-15-19(3)31-34-28(20(4)30-29(25)34)22-9-12-26(37-5)27(16-22)38-6;1-15-12-19(28-10-9-18(14-28)27-35(30,31)22-6-5-11-34-22)24-25-16(2)23(29(24)26-15)17-7-8-20(32-3)21(13-17)33-4;1-14-11-19(27-10-9-17(13-27)26-33(29,30)18-6-7-18)23-24-15(2)22(28(23)25-14)16-5-8-20(31-3)21(12-16)32-4/h7-12,15-16,23,32H,1,13-14,17H2,2-6H3;5-8,11-13,18,27H,9-10,14H2,1-4H3;5,8,11-12,17-18,26H,6-7,9-10,13H2,1-4H3/t23-;18-;17-/m111/s1. The predicted octanol–water partition coefficient (Wildman–Crippen LogP) is 11.0. The lowest BCUT2D eigenvalue weighted by molar-refractivity contribution is 0.355. The second-order valence-corrected chi connectivity index (χ2v) is 33.8. The van der Waals surface area contributed by atoms with Crippen molar-refractivity contribution in [3.05, 3.63) is 161 Å². The van der Waals surface area contributed by atoms with Crippen molar-refractivity contribution in [1.29, 1.82) is 0 Å². The zero-order chi connectivity index (χ0) is 76.0. The third-order valence-corrected chi connectivity index (χ3v) is 26.0. The van der Waals surface area contributed by atoms with Gasteiger partial charge >= 0.3 is 0 Å². The number of hydrogen-bond acceptors (Lipinski definition) is 22. The number of allylic oxidation sites excluding steroid dienone is 1. The molecule has 4 fully saturated rings. The van der Waals surface area contributed by atoms with Crippen molar-refractivity contribution in [1.82, 2.24) is 58.0 Å². The van der Waals surface area contributed by atoms with E-state index in [2.05, 4.69) is 35.4 Å². The van der Waals surface area contributed by atoms with Crippen LogP contribution in [0.25, 0.3) is 56.3 Å². The molecule has 15 rings (SSSR count). The van der Waals surface area contributed by atoms with Crippen LogP contribution in [-0.2, 0) is 30.1 Å². The van der Waals surface area contributed by atoms with Gasteiger partial charge < -0.3 is 43.1 Å². The second-order valence-electron chi connectivity index (χ2n) is 27.2. The van der Waals surface area contributed by atoms with Crippen LogP contribution in [0.2, 0.25) is 0 Å². The molecule has 31 heteroatoms. The summed E-state index contributed by atoms with van der Waals surface area (Å²) in [5, 5.41) is 15.9. The Morgan fingerprint density at radius 1 is 0.449 bits per heavy atom. The highest BCUT2D eigenvalue weighted by Crippen LogP contribution is 2.41. The number of hydrogen-bond donors (Lipinski definition) is 3. The van der Waals surface area contributed by atoms with Crippen LogP contribution >= 0.6 is 11.3 Å². The Bertz CT molecular complexity index is 5530. The van der Waals surface area contributed by atoms with E-state index in [9.17, 15) is 25.3 Å². The highest BCUT2D eigenvalue weighted by molar-refractivity contribution is 7.91. The maximum absolute atomic E-state index is 13.1. The quantitative estimate of drug-likeness (QED) is 0.0568. The summed E-state index contributed by atoms with van der Waals surface area (Å²) >= 11 is 1.22. The van der Waals surface area contributed by atoms with Crippen LogP contribution < -0.4 is 57.3 Å². The van der Waals surface area contributed by atoms with Crippen LogP contribution in [0.4, 0.5) is 17.1 Å². The molecule has 10 heterocycles. The number of fused-ring (bicyclic) bond motifs is 3. The smallest absolute Gasteiger partial charge is 0.250 e. The van der Waals surface area contributed by atoms with Gasteiger partial charge in [0.1, 0.15) is 4.21 Å². The molecular weight excluding hydrogens is 1440 g/mol. The van der Waals surface area contributed by atoms with E-state index in [0.717, 1.165) is 139 Å². The molecule has 0 spiro atoms. The highest BCUT2D eigenvalue weighted by atomic mass is 32.2. The maximum atomic E-state index is 13.1. The molecule has 11 aromatic rings. The van der Waals surface area contributed by atoms with Gasteiger partial charge in [0, 0.05) is 74.1 Å². The first-order chi connectivity index (χ1) is 51.2. The Labute approximate surface area is 627 Å². The Kier molecular flexibility index (Phi) is 21.7. The summed E-state index contributed by atoms with van der Waals surface area (Å²) in [4.78, 5) is 21.4. The summed E-state index contributed by atoms with van der Waals surface area (Å²) in [6.07, 6.45) is 3.69. The summed E-state index contributed by atoms with van der Waals surface area (Å²) in [6.45, 7) is 21.4. The monoisotopic (exact) mass is 1530 g/mol. The largest absolute Gasteiger partial charge is 0.493 e. The van der Waals surface area contributed by atoms with Gasteiger partial charge in [-0.15, -0.1) is 11.3 Å². The van der Waals surface area contributed by atoms with E-state index in [4.69, 9.17) is 58.7 Å². The van der Waals surface area contributed by atoms with Crippen LogP contribution in [-0.4, -0.2) is 174 Å². The van der Waals surface area contributed by atoms with Gasteiger partial charge in [0.2, 0.25) is 30.1 Å². The molecule has 107 heavy (non-hydrogen) atoms. The number of aromatic nitrogens is 9. The molecule has 3 saturated heterocycles. The van der Waals surface area contributed by atoms with Gasteiger partial charge in [-0.25, -0.2) is 67.9 Å². The van der Waals surface area contributed by atoms with Crippen molar-refractivity contribution in [3.8, 4) is 68.3 Å². The molecule has 0 radical (unpaired) electrons. The van der Waals surface area contributed by atoms with Gasteiger partial charge in [0.25, 0.3) is 0 Å². The van der Waals surface area contributed by atoms with E-state index in [1.807, 2.05) is 135 Å². The lowest BCUT2D eigenvalue weighted by atomic mass is 10.1. The normalized spacial score (nSPS) is 16.8. The number of rotatable bonds is 22. The fraction of sp³-hybridized carbons (Fsp3) is 0.368. The SMILES string of the molecule is C=C(C)c1ccc(S(=O)(=O)N[C@@H]2CCN(c3cc(C)nn4c(-c5ccc(OC)c(OC)c5)c(C)nc34)C2)cc1.COc1ccc(-c2c(C)nc3c(N4CC[C@@H](NS(=O)(=O)C5CC5)C4)cc(C)nn23)cc1OC.COc1ccc(-c2c(C)nc3c(N4CC[C@@H](NS(=O)(=O)c5cccs5)C4)cc(C)nn23)cc1OC. The highest BCUT2D eigenvalue weighted by Gasteiger charge is 2.39. The first-order valence-electron chi connectivity index (χ1n) is 35.1. The van der Waals surface area contributed by atoms with E-state index in [-0.39, 0.29) is 28.3 Å². The molecule has 1 aliphatic carbocycles. The van der Waals surface area contributed by atoms with Gasteiger partial charge in [-0.1, -0.05) is 30.4 Å². The van der Waals surface area contributed by atoms with E-state index in [1.165, 1.54) is 11.3 Å². The molecule has 4 aliphatic rings. The van der Waals surface area contributed by atoms with Crippen molar-refractivity contribution >= 4 is 81.0 Å². The van der Waals surface area contributed by atoms with Crippen molar-refractivity contribution in [2.75, 3.05) is 96.6 Å². The molecule has 0 bridgehead atoms. The zero-order valence-electron chi connectivity index (χ0n) is 62.2. The minimum atomic E-state index is -3.66. The average molecular weight is 1530 g/mol. The number of anilines is 3. The summed E-state index contributed by atoms with van der Waals surface area (Å²) in [7, 11) is -0.719. The lowest BCUT2D eigenvalue weighted by Crippen LogP contribution is -2.39. The third-order valence-electron chi connectivity index (χ3n) is 19.5. The van der Waals surface area contributed by atoms with E-state index in [1.54, 1.807) is 84.4 Å². The number of methoxy groups -OCH3 is 6. The molecular formula is C76H89N15O12S4. The summed E-state index contributed by atoms with van der Waals surface area (Å²) < 4.78 is 124. The van der Waals surface area contributed by atoms with Gasteiger partial charge in [-0.2, -0.15) is 15.3 Å². The molecule has 7 aromatic heterocycles. The Hall–Kier alpha value is -9.89. The van der Waals surface area contributed by atoms with Crippen molar-refractivity contribution < 1.29 is 53.7 Å². The Balaban J connectivity index is 0.000000142. The second kappa shape index (κ2) is 30.8. The van der Waals surface area contributed by atoms with Crippen LogP contribution in [0, 0.1) is 41.5 Å². The summed E-state index contributed by atoms with van der Waals surface area (Å²) in [6, 6.07) is 33.0. The number of nitrogens with zero attached hydrogens (tertiary/aromatic N) is 12. The average Bonchev–Trinajstić information content (AvgIpc) is 1.59.